The summed E-state index contributed by atoms with van der Waals surface area (Å²) in [5.74, 6) is 0.0586. The van der Waals surface area contributed by atoms with Crippen LogP contribution < -0.4 is 11.1 Å². The standard InChI is InChI=1S/C29H31N5O3/c1-3-31-17-16-26(30)33-27(35)21-14-15-24-25(20-21)34(18-19-37-2)28(32-24)29(36,22-10-6-4-7-11-22)23-12-8-5-9-13-23/h4-17,20,31,36H,3,18-19H2,1-2H3,(H2,30,33,35)/b17-16-. The summed E-state index contributed by atoms with van der Waals surface area (Å²) < 4.78 is 7.27. The number of rotatable bonds is 10. The van der Waals surface area contributed by atoms with Crippen molar-refractivity contribution in [3.05, 3.63) is 114 Å². The molecule has 0 bridgehead atoms. The van der Waals surface area contributed by atoms with Crippen LogP contribution >= 0.6 is 0 Å². The second-order valence-corrected chi connectivity index (χ2v) is 8.46. The van der Waals surface area contributed by atoms with Gasteiger partial charge in [0.2, 0.25) is 0 Å². The molecule has 0 saturated heterocycles. The lowest BCUT2D eigenvalue weighted by molar-refractivity contribution is 0.100. The van der Waals surface area contributed by atoms with E-state index < -0.39 is 11.5 Å². The molecular weight excluding hydrogens is 466 g/mol. The molecule has 8 heteroatoms. The average molecular weight is 498 g/mol. The van der Waals surface area contributed by atoms with Crippen LogP contribution in [-0.2, 0) is 16.9 Å². The smallest absolute Gasteiger partial charge is 0.279 e. The van der Waals surface area contributed by atoms with Crippen LogP contribution in [0.3, 0.4) is 0 Å². The van der Waals surface area contributed by atoms with Gasteiger partial charge in [-0.25, -0.2) is 4.98 Å². The number of hydrogen-bond donors (Lipinski definition) is 3. The number of benzene rings is 3. The van der Waals surface area contributed by atoms with Gasteiger partial charge in [0.1, 0.15) is 5.84 Å². The van der Waals surface area contributed by atoms with Gasteiger partial charge in [-0.05, 0) is 42.3 Å². The highest BCUT2D eigenvalue weighted by Gasteiger charge is 2.39. The predicted octanol–water partition coefficient (Wildman–Crippen LogP) is 3.59. The van der Waals surface area contributed by atoms with Gasteiger partial charge < -0.3 is 25.5 Å². The number of aromatic nitrogens is 2. The number of nitrogens with one attached hydrogen (secondary N) is 1. The van der Waals surface area contributed by atoms with Crippen molar-refractivity contribution in [3.8, 4) is 0 Å². The number of carbonyl (C=O) groups is 1. The molecule has 0 atom stereocenters. The topological polar surface area (TPSA) is 115 Å². The van der Waals surface area contributed by atoms with Crippen molar-refractivity contribution in [2.45, 2.75) is 19.1 Å². The van der Waals surface area contributed by atoms with Crippen LogP contribution in [0.2, 0.25) is 0 Å². The van der Waals surface area contributed by atoms with Gasteiger partial charge in [0.15, 0.2) is 11.4 Å². The fourth-order valence-electron chi connectivity index (χ4n) is 4.21. The maximum atomic E-state index is 12.9. The zero-order valence-corrected chi connectivity index (χ0v) is 21.0. The number of aliphatic imine (C=N–C) groups is 1. The van der Waals surface area contributed by atoms with Crippen molar-refractivity contribution in [1.29, 1.82) is 0 Å². The van der Waals surface area contributed by atoms with Crippen molar-refractivity contribution in [1.82, 2.24) is 14.9 Å². The Morgan fingerprint density at radius 3 is 2.35 bits per heavy atom. The van der Waals surface area contributed by atoms with E-state index in [-0.39, 0.29) is 5.84 Å². The van der Waals surface area contributed by atoms with Gasteiger partial charge in [-0.3, -0.25) is 4.79 Å². The molecule has 190 valence electrons. The second-order valence-electron chi connectivity index (χ2n) is 8.46. The Hall–Kier alpha value is -4.27. The zero-order valence-electron chi connectivity index (χ0n) is 21.0. The van der Waals surface area contributed by atoms with E-state index in [0.29, 0.717) is 46.7 Å². The minimum Gasteiger partial charge on any atom is -0.391 e. The number of nitrogens with zero attached hydrogens (tertiary/aromatic N) is 3. The first-order chi connectivity index (χ1) is 18.0. The fourth-order valence-corrected chi connectivity index (χ4v) is 4.21. The van der Waals surface area contributed by atoms with Gasteiger partial charge in [-0.2, -0.15) is 4.99 Å². The van der Waals surface area contributed by atoms with Crippen molar-refractivity contribution in [2.75, 3.05) is 20.3 Å². The molecule has 0 radical (unpaired) electrons. The highest BCUT2D eigenvalue weighted by atomic mass is 16.5. The SMILES string of the molecule is CCN/C=C\C(N)=NC(=O)c1ccc2nc(C(O)(c3ccccc3)c3ccccc3)n(CCOC)c2c1. The molecule has 4 rings (SSSR count). The summed E-state index contributed by atoms with van der Waals surface area (Å²) in [7, 11) is 1.62. The maximum absolute atomic E-state index is 12.9. The molecule has 3 aromatic carbocycles. The number of ether oxygens (including phenoxy) is 1. The Morgan fingerprint density at radius 1 is 1.11 bits per heavy atom. The molecule has 0 unspecified atom stereocenters. The first-order valence-electron chi connectivity index (χ1n) is 12.1. The number of nitrogens with two attached hydrogens (primary N) is 1. The molecule has 0 aliphatic heterocycles. The monoisotopic (exact) mass is 497 g/mol. The normalized spacial score (nSPS) is 12.4. The van der Waals surface area contributed by atoms with Crippen LogP contribution in [0.15, 0.2) is 96.1 Å². The number of imidazole rings is 1. The lowest BCUT2D eigenvalue weighted by Crippen LogP contribution is -2.33. The van der Waals surface area contributed by atoms with E-state index in [1.54, 1.807) is 37.6 Å². The van der Waals surface area contributed by atoms with E-state index in [0.717, 1.165) is 6.54 Å². The molecule has 0 aliphatic rings. The molecule has 8 nitrogen and oxygen atoms in total. The van der Waals surface area contributed by atoms with Crippen LogP contribution in [0.25, 0.3) is 11.0 Å². The third kappa shape index (κ3) is 5.45. The quantitative estimate of drug-likeness (QED) is 0.228. The molecule has 0 spiro atoms. The fraction of sp³-hybridized carbons (Fsp3) is 0.207. The van der Waals surface area contributed by atoms with Gasteiger partial charge in [0.25, 0.3) is 5.91 Å². The second kappa shape index (κ2) is 11.6. The number of hydrogen-bond acceptors (Lipinski definition) is 5. The Bertz CT molecular complexity index is 1370. The number of amides is 1. The zero-order chi connectivity index (χ0) is 26.3. The van der Waals surface area contributed by atoms with Crippen LogP contribution in [0, 0.1) is 0 Å². The maximum Gasteiger partial charge on any atom is 0.279 e. The summed E-state index contributed by atoms with van der Waals surface area (Å²) in [6, 6.07) is 24.0. The third-order valence-electron chi connectivity index (χ3n) is 6.03. The first kappa shape index (κ1) is 25.8. The van der Waals surface area contributed by atoms with Crippen LogP contribution in [0.1, 0.15) is 34.2 Å². The summed E-state index contributed by atoms with van der Waals surface area (Å²) in [6.07, 6.45) is 3.19. The lowest BCUT2D eigenvalue weighted by Gasteiger charge is -2.29. The third-order valence-corrected chi connectivity index (χ3v) is 6.03. The Kier molecular flexibility index (Phi) is 8.12. The van der Waals surface area contributed by atoms with Crippen LogP contribution in [0.4, 0.5) is 0 Å². The highest BCUT2D eigenvalue weighted by Crippen LogP contribution is 2.37. The number of methoxy groups -OCH3 is 1. The van der Waals surface area contributed by atoms with Crippen LogP contribution in [0.5, 0.6) is 0 Å². The minimum atomic E-state index is -1.54. The Morgan fingerprint density at radius 2 is 1.76 bits per heavy atom. The number of amidine groups is 1. The largest absolute Gasteiger partial charge is 0.391 e. The molecule has 37 heavy (non-hydrogen) atoms. The van der Waals surface area contributed by atoms with Crippen molar-refractivity contribution in [3.63, 3.8) is 0 Å². The van der Waals surface area contributed by atoms with Gasteiger partial charge >= 0.3 is 0 Å². The van der Waals surface area contributed by atoms with Crippen molar-refractivity contribution < 1.29 is 14.6 Å². The van der Waals surface area contributed by atoms with E-state index in [9.17, 15) is 9.90 Å². The summed E-state index contributed by atoms with van der Waals surface area (Å²) >= 11 is 0. The summed E-state index contributed by atoms with van der Waals surface area (Å²) in [6.45, 7) is 3.49. The molecule has 0 saturated carbocycles. The number of carbonyl (C=O) groups excluding carboxylic acids is 1. The average Bonchev–Trinajstić information content (AvgIpc) is 3.30. The molecular formula is C29H31N5O3. The predicted molar refractivity (Wildman–Crippen MR) is 145 cm³/mol. The van der Waals surface area contributed by atoms with E-state index in [1.807, 2.05) is 72.2 Å². The van der Waals surface area contributed by atoms with E-state index in [1.165, 1.54) is 0 Å². The molecule has 1 heterocycles. The van der Waals surface area contributed by atoms with Gasteiger partial charge in [0, 0.05) is 32.0 Å². The van der Waals surface area contributed by atoms with Crippen LogP contribution in [-0.4, -0.2) is 46.7 Å². The Labute approximate surface area is 216 Å². The molecule has 4 N–H and O–H groups in total. The van der Waals surface area contributed by atoms with Crippen molar-refractivity contribution in [2.24, 2.45) is 10.7 Å². The highest BCUT2D eigenvalue weighted by molar-refractivity contribution is 6.07. The molecule has 0 fully saturated rings. The summed E-state index contributed by atoms with van der Waals surface area (Å²) in [5, 5.41) is 15.4. The van der Waals surface area contributed by atoms with Gasteiger partial charge in [-0.15, -0.1) is 0 Å². The van der Waals surface area contributed by atoms with E-state index in [2.05, 4.69) is 10.3 Å². The van der Waals surface area contributed by atoms with E-state index in [4.69, 9.17) is 15.5 Å². The Balaban J connectivity index is 1.87. The minimum absolute atomic E-state index is 0.0992. The molecule has 0 aliphatic carbocycles. The lowest BCUT2D eigenvalue weighted by atomic mass is 9.85. The molecule has 1 amide bonds. The van der Waals surface area contributed by atoms with Gasteiger partial charge in [-0.1, -0.05) is 60.7 Å². The van der Waals surface area contributed by atoms with E-state index >= 15 is 0 Å². The summed E-state index contributed by atoms with van der Waals surface area (Å²) in [4.78, 5) is 21.7. The first-order valence-corrected chi connectivity index (χ1v) is 12.1. The molecule has 4 aromatic rings. The van der Waals surface area contributed by atoms with Crippen molar-refractivity contribution >= 4 is 22.8 Å². The summed E-state index contributed by atoms with van der Waals surface area (Å²) in [5.41, 5.74) is 7.38. The number of fused-ring (bicyclic) bond motifs is 1. The number of aliphatic hydroxyl groups is 1. The molecule has 1 aromatic heterocycles. The van der Waals surface area contributed by atoms with Gasteiger partial charge in [0.05, 0.1) is 17.6 Å².